The highest BCUT2D eigenvalue weighted by Gasteiger charge is 2.19. The maximum Gasteiger partial charge on any atom is 0.191 e. The fraction of sp³-hybridized carbons (Fsp3) is 0.944. The van der Waals surface area contributed by atoms with Crippen molar-refractivity contribution in [3.05, 3.63) is 0 Å². The molecule has 0 saturated heterocycles. The highest BCUT2D eigenvalue weighted by molar-refractivity contribution is 5.80. The quantitative estimate of drug-likeness (QED) is 0.328. The predicted molar refractivity (Wildman–Crippen MR) is 95.4 cm³/mol. The summed E-state index contributed by atoms with van der Waals surface area (Å²) in [6, 6.07) is 0.468. The van der Waals surface area contributed by atoms with E-state index in [1.54, 1.807) is 0 Å². The predicted octanol–water partition coefficient (Wildman–Crippen LogP) is 3.60. The maximum absolute atomic E-state index is 9.57. The number of rotatable bonds is 10. The minimum atomic E-state index is -0.0923. The van der Waals surface area contributed by atoms with Gasteiger partial charge < -0.3 is 15.7 Å². The highest BCUT2D eigenvalue weighted by atomic mass is 16.3. The molecule has 0 radical (unpaired) electrons. The van der Waals surface area contributed by atoms with Crippen LogP contribution >= 0.6 is 0 Å². The van der Waals surface area contributed by atoms with Crippen molar-refractivity contribution in [2.24, 2.45) is 4.99 Å². The second kappa shape index (κ2) is 12.7. The van der Waals surface area contributed by atoms with Gasteiger partial charge in [0.1, 0.15) is 0 Å². The van der Waals surface area contributed by atoms with Crippen LogP contribution in [-0.4, -0.2) is 36.3 Å². The first-order chi connectivity index (χ1) is 10.8. The number of aliphatic hydroxyl groups is 1. The number of hydrogen-bond donors (Lipinski definition) is 3. The monoisotopic (exact) mass is 311 g/mol. The van der Waals surface area contributed by atoms with E-state index >= 15 is 0 Å². The van der Waals surface area contributed by atoms with Gasteiger partial charge in [-0.25, -0.2) is 0 Å². The molecule has 0 aromatic carbocycles. The third kappa shape index (κ3) is 9.29. The van der Waals surface area contributed by atoms with Crippen molar-refractivity contribution in [3.8, 4) is 0 Å². The first-order valence-electron chi connectivity index (χ1n) is 9.49. The normalized spacial score (nSPS) is 22.6. The molecule has 0 spiro atoms. The average molecular weight is 312 g/mol. The lowest BCUT2D eigenvalue weighted by Crippen LogP contribution is -2.45. The van der Waals surface area contributed by atoms with Gasteiger partial charge in [-0.15, -0.1) is 0 Å². The molecule has 1 aliphatic carbocycles. The van der Waals surface area contributed by atoms with Gasteiger partial charge in [-0.1, -0.05) is 45.4 Å². The van der Waals surface area contributed by atoms with Crippen LogP contribution in [0.4, 0.5) is 0 Å². The summed E-state index contributed by atoms with van der Waals surface area (Å²) in [7, 11) is 0. The number of nitrogens with zero attached hydrogens (tertiary/aromatic N) is 1. The molecular weight excluding hydrogens is 274 g/mol. The zero-order chi connectivity index (χ0) is 16.0. The van der Waals surface area contributed by atoms with Crippen LogP contribution in [0.3, 0.4) is 0 Å². The van der Waals surface area contributed by atoms with E-state index in [1.807, 2.05) is 0 Å². The molecule has 1 rings (SSSR count). The first kappa shape index (κ1) is 19.3. The molecule has 4 nitrogen and oxygen atoms in total. The number of unbranched alkanes of at least 4 members (excludes halogenated alkanes) is 6. The van der Waals surface area contributed by atoms with Crippen LogP contribution in [0.5, 0.6) is 0 Å². The molecule has 130 valence electrons. The lowest BCUT2D eigenvalue weighted by molar-refractivity contribution is 0.120. The van der Waals surface area contributed by atoms with E-state index in [-0.39, 0.29) is 6.10 Å². The molecule has 0 bridgehead atoms. The fourth-order valence-electron chi connectivity index (χ4n) is 2.99. The van der Waals surface area contributed by atoms with E-state index in [1.165, 1.54) is 44.9 Å². The van der Waals surface area contributed by atoms with E-state index in [0.717, 1.165) is 44.7 Å². The van der Waals surface area contributed by atoms with Crippen molar-refractivity contribution < 1.29 is 5.11 Å². The molecule has 0 aromatic heterocycles. The Kier molecular flexibility index (Phi) is 11.2. The van der Waals surface area contributed by atoms with Gasteiger partial charge >= 0.3 is 0 Å². The summed E-state index contributed by atoms with van der Waals surface area (Å²) in [4.78, 5) is 4.69. The van der Waals surface area contributed by atoms with E-state index in [9.17, 15) is 5.11 Å². The van der Waals surface area contributed by atoms with Crippen LogP contribution in [0.15, 0.2) is 4.99 Å². The Morgan fingerprint density at radius 3 is 2.23 bits per heavy atom. The first-order valence-corrected chi connectivity index (χ1v) is 9.49. The molecule has 22 heavy (non-hydrogen) atoms. The Morgan fingerprint density at radius 1 is 0.955 bits per heavy atom. The molecule has 0 heterocycles. The van der Waals surface area contributed by atoms with Gasteiger partial charge in [-0.2, -0.15) is 0 Å². The Morgan fingerprint density at radius 2 is 1.59 bits per heavy atom. The Labute approximate surface area is 137 Å². The molecule has 1 fully saturated rings. The van der Waals surface area contributed by atoms with E-state index in [4.69, 9.17) is 4.99 Å². The van der Waals surface area contributed by atoms with Gasteiger partial charge in [0, 0.05) is 19.1 Å². The van der Waals surface area contributed by atoms with Gasteiger partial charge in [0.25, 0.3) is 0 Å². The number of guanidine groups is 1. The van der Waals surface area contributed by atoms with Crippen LogP contribution < -0.4 is 10.6 Å². The molecule has 1 aliphatic rings. The van der Waals surface area contributed by atoms with Gasteiger partial charge in [0.15, 0.2) is 5.96 Å². The SMILES string of the molecule is CCCCCCCCCN=C(NCC)NC1CCC(O)CC1. The lowest BCUT2D eigenvalue weighted by atomic mass is 9.93. The fourth-order valence-corrected chi connectivity index (χ4v) is 2.99. The van der Waals surface area contributed by atoms with Crippen molar-refractivity contribution >= 4 is 5.96 Å². The summed E-state index contributed by atoms with van der Waals surface area (Å²) in [5.41, 5.74) is 0. The van der Waals surface area contributed by atoms with Crippen molar-refractivity contribution in [1.82, 2.24) is 10.6 Å². The van der Waals surface area contributed by atoms with Crippen molar-refractivity contribution in [2.45, 2.75) is 96.6 Å². The molecule has 0 aliphatic heterocycles. The Balaban J connectivity index is 2.15. The molecule has 0 aromatic rings. The molecule has 4 heteroatoms. The third-order valence-corrected chi connectivity index (χ3v) is 4.41. The zero-order valence-electron chi connectivity index (χ0n) is 14.7. The van der Waals surface area contributed by atoms with Crippen LogP contribution in [0.25, 0.3) is 0 Å². The summed E-state index contributed by atoms with van der Waals surface area (Å²) >= 11 is 0. The Hall–Kier alpha value is -0.770. The molecule has 3 N–H and O–H groups in total. The number of aliphatic imine (C=N–C) groups is 1. The topological polar surface area (TPSA) is 56.7 Å². The van der Waals surface area contributed by atoms with Crippen LogP contribution in [0.1, 0.15) is 84.5 Å². The summed E-state index contributed by atoms with van der Waals surface area (Å²) in [6.07, 6.45) is 13.1. The summed E-state index contributed by atoms with van der Waals surface area (Å²) in [6.45, 7) is 6.18. The van der Waals surface area contributed by atoms with Gasteiger partial charge in [0.05, 0.1) is 6.10 Å². The maximum atomic E-state index is 9.57. The van der Waals surface area contributed by atoms with Crippen LogP contribution in [0.2, 0.25) is 0 Å². The van der Waals surface area contributed by atoms with Crippen molar-refractivity contribution in [3.63, 3.8) is 0 Å². The van der Waals surface area contributed by atoms with Crippen LogP contribution in [-0.2, 0) is 0 Å². The standard InChI is InChI=1S/C18H37N3O/c1-3-5-6-7-8-9-10-15-20-18(19-4-2)21-16-11-13-17(22)14-12-16/h16-17,22H,3-15H2,1-2H3,(H2,19,20,21). The molecule has 1 saturated carbocycles. The minimum absolute atomic E-state index is 0.0923. The van der Waals surface area contributed by atoms with Crippen LogP contribution in [0, 0.1) is 0 Å². The number of hydrogen-bond acceptors (Lipinski definition) is 2. The largest absolute Gasteiger partial charge is 0.393 e. The lowest BCUT2D eigenvalue weighted by Gasteiger charge is -2.27. The minimum Gasteiger partial charge on any atom is -0.393 e. The molecule has 0 amide bonds. The average Bonchev–Trinajstić information content (AvgIpc) is 2.52. The summed E-state index contributed by atoms with van der Waals surface area (Å²) < 4.78 is 0. The number of nitrogens with one attached hydrogen (secondary N) is 2. The van der Waals surface area contributed by atoms with Gasteiger partial charge in [0.2, 0.25) is 0 Å². The molecule has 0 unspecified atom stereocenters. The van der Waals surface area contributed by atoms with E-state index < -0.39 is 0 Å². The Bertz CT molecular complexity index is 286. The van der Waals surface area contributed by atoms with Gasteiger partial charge in [-0.3, -0.25) is 4.99 Å². The van der Waals surface area contributed by atoms with Crippen molar-refractivity contribution in [1.29, 1.82) is 0 Å². The zero-order valence-corrected chi connectivity index (χ0v) is 14.7. The number of aliphatic hydroxyl groups excluding tert-OH is 1. The second-order valence-corrected chi connectivity index (χ2v) is 6.53. The van der Waals surface area contributed by atoms with Gasteiger partial charge in [-0.05, 0) is 39.0 Å². The smallest absolute Gasteiger partial charge is 0.191 e. The van der Waals surface area contributed by atoms with E-state index in [0.29, 0.717) is 6.04 Å². The molecular formula is C18H37N3O. The molecule has 0 atom stereocenters. The van der Waals surface area contributed by atoms with Crippen molar-refractivity contribution in [2.75, 3.05) is 13.1 Å². The van der Waals surface area contributed by atoms with E-state index in [2.05, 4.69) is 24.5 Å². The highest BCUT2D eigenvalue weighted by Crippen LogP contribution is 2.18. The third-order valence-electron chi connectivity index (χ3n) is 4.41. The second-order valence-electron chi connectivity index (χ2n) is 6.53. The summed E-state index contributed by atoms with van der Waals surface area (Å²) in [5.74, 6) is 0.954. The summed E-state index contributed by atoms with van der Waals surface area (Å²) in [5, 5.41) is 16.4.